The van der Waals surface area contributed by atoms with Gasteiger partial charge in [0.1, 0.15) is 0 Å². The Labute approximate surface area is 130 Å². The van der Waals surface area contributed by atoms with E-state index in [-0.39, 0.29) is 6.04 Å². The Hall–Kier alpha value is -0.170. The van der Waals surface area contributed by atoms with Gasteiger partial charge in [-0.05, 0) is 45.6 Å². The van der Waals surface area contributed by atoms with Crippen LogP contribution in [0, 0.1) is 0 Å². The van der Waals surface area contributed by atoms with Crippen molar-refractivity contribution in [1.29, 1.82) is 0 Å². The highest BCUT2D eigenvalue weighted by molar-refractivity contribution is 7.86. The molecule has 2 rings (SSSR count). The Morgan fingerprint density at radius 1 is 1.19 bits per heavy atom. The molecule has 21 heavy (non-hydrogen) atoms. The van der Waals surface area contributed by atoms with Crippen molar-refractivity contribution in [3.05, 3.63) is 0 Å². The summed E-state index contributed by atoms with van der Waals surface area (Å²) >= 11 is 0. The van der Waals surface area contributed by atoms with E-state index < -0.39 is 10.2 Å². The van der Waals surface area contributed by atoms with E-state index in [1.165, 1.54) is 12.8 Å². The molecule has 2 atom stereocenters. The fourth-order valence-corrected chi connectivity index (χ4v) is 5.44. The Kier molecular flexibility index (Phi) is 6.47. The third-order valence-corrected chi connectivity index (χ3v) is 6.79. The first-order valence-electron chi connectivity index (χ1n) is 8.56. The van der Waals surface area contributed by atoms with Crippen LogP contribution >= 0.6 is 0 Å². The monoisotopic (exact) mass is 317 g/mol. The molecule has 0 radical (unpaired) electrons. The van der Waals surface area contributed by atoms with Gasteiger partial charge in [0.15, 0.2) is 0 Å². The summed E-state index contributed by atoms with van der Waals surface area (Å²) in [4.78, 5) is 0. The standard InChI is InChI=1S/C15H31N3O2S/c1-3-11-17(13-15-9-4-6-10-16-15)21(19,20)18-12-7-5-8-14(18)2/h14-16H,3-13H2,1-2H3. The van der Waals surface area contributed by atoms with E-state index in [1.54, 1.807) is 8.61 Å². The first-order valence-corrected chi connectivity index (χ1v) is 9.95. The highest BCUT2D eigenvalue weighted by Gasteiger charge is 2.35. The molecule has 124 valence electrons. The van der Waals surface area contributed by atoms with E-state index in [2.05, 4.69) is 12.2 Å². The van der Waals surface area contributed by atoms with Gasteiger partial charge in [0.2, 0.25) is 0 Å². The molecule has 2 unspecified atom stereocenters. The molecule has 2 saturated heterocycles. The van der Waals surface area contributed by atoms with Crippen molar-refractivity contribution >= 4 is 10.2 Å². The third-order valence-electron chi connectivity index (χ3n) is 4.67. The van der Waals surface area contributed by atoms with Crippen LogP contribution in [0.5, 0.6) is 0 Å². The molecule has 2 aliphatic rings. The van der Waals surface area contributed by atoms with Crippen LogP contribution in [0.15, 0.2) is 0 Å². The summed E-state index contributed by atoms with van der Waals surface area (Å²) in [6.45, 7) is 7.05. The molecular formula is C15H31N3O2S. The predicted octanol–water partition coefficient (Wildman–Crippen LogP) is 1.96. The Bertz CT molecular complexity index is 407. The number of hydrogen-bond donors (Lipinski definition) is 1. The lowest BCUT2D eigenvalue weighted by molar-refractivity contribution is 0.233. The molecule has 1 N–H and O–H groups in total. The van der Waals surface area contributed by atoms with Crippen molar-refractivity contribution < 1.29 is 8.42 Å². The second-order valence-corrected chi connectivity index (χ2v) is 8.35. The smallest absolute Gasteiger partial charge is 0.282 e. The fraction of sp³-hybridized carbons (Fsp3) is 1.00. The van der Waals surface area contributed by atoms with Gasteiger partial charge in [-0.1, -0.05) is 19.8 Å². The lowest BCUT2D eigenvalue weighted by Crippen LogP contribution is -2.53. The molecule has 0 aromatic carbocycles. The first kappa shape index (κ1) is 17.2. The van der Waals surface area contributed by atoms with Crippen molar-refractivity contribution in [2.75, 3.05) is 26.2 Å². The fourth-order valence-electron chi connectivity index (χ4n) is 3.44. The molecule has 2 heterocycles. The van der Waals surface area contributed by atoms with Gasteiger partial charge >= 0.3 is 0 Å². The molecule has 0 saturated carbocycles. The molecule has 0 aromatic rings. The van der Waals surface area contributed by atoms with Gasteiger partial charge in [0, 0.05) is 31.7 Å². The van der Waals surface area contributed by atoms with E-state index in [0.717, 1.165) is 38.6 Å². The minimum atomic E-state index is -3.31. The molecule has 5 nitrogen and oxygen atoms in total. The molecule has 0 bridgehead atoms. The lowest BCUT2D eigenvalue weighted by atomic mass is 10.1. The van der Waals surface area contributed by atoms with E-state index in [1.807, 2.05) is 6.92 Å². The highest BCUT2D eigenvalue weighted by Crippen LogP contribution is 2.23. The maximum Gasteiger partial charge on any atom is 0.282 e. The van der Waals surface area contributed by atoms with Crippen LogP contribution in [0.4, 0.5) is 0 Å². The number of nitrogens with zero attached hydrogens (tertiary/aromatic N) is 2. The summed E-state index contributed by atoms with van der Waals surface area (Å²) in [5.74, 6) is 0. The Morgan fingerprint density at radius 3 is 2.57 bits per heavy atom. The van der Waals surface area contributed by atoms with E-state index in [0.29, 0.717) is 25.7 Å². The van der Waals surface area contributed by atoms with E-state index in [4.69, 9.17) is 0 Å². The van der Waals surface area contributed by atoms with Gasteiger partial charge in [-0.2, -0.15) is 17.0 Å². The van der Waals surface area contributed by atoms with Crippen molar-refractivity contribution in [2.24, 2.45) is 0 Å². The molecule has 2 aliphatic heterocycles. The summed E-state index contributed by atoms with van der Waals surface area (Å²) < 4.78 is 29.4. The molecule has 2 fully saturated rings. The van der Waals surface area contributed by atoms with Crippen LogP contribution in [-0.2, 0) is 10.2 Å². The van der Waals surface area contributed by atoms with E-state index >= 15 is 0 Å². The maximum atomic E-state index is 13.0. The van der Waals surface area contributed by atoms with Gasteiger partial charge in [-0.15, -0.1) is 0 Å². The van der Waals surface area contributed by atoms with Crippen molar-refractivity contribution in [3.63, 3.8) is 0 Å². The van der Waals surface area contributed by atoms with Gasteiger partial charge < -0.3 is 5.32 Å². The maximum absolute atomic E-state index is 13.0. The van der Waals surface area contributed by atoms with Crippen LogP contribution < -0.4 is 5.32 Å². The average Bonchev–Trinajstić information content (AvgIpc) is 2.48. The molecule has 0 amide bonds. The minimum Gasteiger partial charge on any atom is -0.313 e. The van der Waals surface area contributed by atoms with Gasteiger partial charge in [0.25, 0.3) is 10.2 Å². The summed E-state index contributed by atoms with van der Waals surface area (Å²) in [6, 6.07) is 0.461. The largest absolute Gasteiger partial charge is 0.313 e. The van der Waals surface area contributed by atoms with Crippen LogP contribution in [0.3, 0.4) is 0 Å². The molecule has 0 aliphatic carbocycles. The molecular weight excluding hydrogens is 286 g/mol. The third kappa shape index (κ3) is 4.41. The SMILES string of the molecule is CCCN(CC1CCCCN1)S(=O)(=O)N1CCCCC1C. The average molecular weight is 317 g/mol. The van der Waals surface area contributed by atoms with Crippen LogP contribution in [-0.4, -0.2) is 55.3 Å². The second kappa shape index (κ2) is 7.90. The van der Waals surface area contributed by atoms with Crippen LogP contribution in [0.1, 0.15) is 58.8 Å². The molecule has 0 aromatic heterocycles. The Balaban J connectivity index is 2.07. The number of piperidine rings is 2. The normalized spacial score (nSPS) is 28.9. The minimum absolute atomic E-state index is 0.141. The molecule has 0 spiro atoms. The zero-order valence-corrected chi connectivity index (χ0v) is 14.4. The predicted molar refractivity (Wildman–Crippen MR) is 86.4 cm³/mol. The first-order chi connectivity index (χ1) is 10.1. The van der Waals surface area contributed by atoms with Crippen LogP contribution in [0.25, 0.3) is 0 Å². The van der Waals surface area contributed by atoms with E-state index in [9.17, 15) is 8.42 Å². The molecule has 6 heteroatoms. The highest BCUT2D eigenvalue weighted by atomic mass is 32.2. The summed E-state index contributed by atoms with van der Waals surface area (Å²) in [5.41, 5.74) is 0. The topological polar surface area (TPSA) is 52.7 Å². The number of hydrogen-bond acceptors (Lipinski definition) is 3. The lowest BCUT2D eigenvalue weighted by Gasteiger charge is -2.38. The van der Waals surface area contributed by atoms with Gasteiger partial charge in [-0.3, -0.25) is 0 Å². The summed E-state index contributed by atoms with van der Waals surface area (Å²) in [5, 5.41) is 3.47. The number of nitrogens with one attached hydrogen (secondary N) is 1. The summed E-state index contributed by atoms with van der Waals surface area (Å²) in [7, 11) is -3.31. The summed E-state index contributed by atoms with van der Waals surface area (Å²) in [6.07, 6.45) is 7.49. The zero-order valence-electron chi connectivity index (χ0n) is 13.6. The Morgan fingerprint density at radius 2 is 1.95 bits per heavy atom. The van der Waals surface area contributed by atoms with Gasteiger partial charge in [-0.25, -0.2) is 0 Å². The van der Waals surface area contributed by atoms with Crippen molar-refractivity contribution in [1.82, 2.24) is 13.9 Å². The zero-order chi connectivity index (χ0) is 15.3. The quantitative estimate of drug-likeness (QED) is 0.815. The van der Waals surface area contributed by atoms with Crippen molar-refractivity contribution in [2.45, 2.75) is 70.9 Å². The second-order valence-electron chi connectivity index (χ2n) is 6.47. The van der Waals surface area contributed by atoms with Gasteiger partial charge in [0.05, 0.1) is 0 Å². The van der Waals surface area contributed by atoms with Crippen molar-refractivity contribution in [3.8, 4) is 0 Å². The number of rotatable bonds is 6. The van der Waals surface area contributed by atoms with Crippen LogP contribution in [0.2, 0.25) is 0 Å².